The van der Waals surface area contributed by atoms with E-state index >= 15 is 0 Å². The van der Waals surface area contributed by atoms with Gasteiger partial charge in [-0.25, -0.2) is 4.98 Å². The molecule has 0 saturated carbocycles. The van der Waals surface area contributed by atoms with E-state index in [1.54, 1.807) is 12.1 Å². The number of halogens is 2. The summed E-state index contributed by atoms with van der Waals surface area (Å²) in [6.45, 7) is 0. The number of pyridine rings is 1. The summed E-state index contributed by atoms with van der Waals surface area (Å²) in [5.74, 6) is 0.514. The Labute approximate surface area is 110 Å². The number of ether oxygens (including phenoxy) is 1. The zero-order valence-electron chi connectivity index (χ0n) is 8.61. The number of nitro groups is 1. The normalized spacial score (nSPS) is 10.5. The molecule has 1 heterocycles. The zero-order chi connectivity index (χ0) is 12.6. The molecule has 0 aliphatic carbocycles. The van der Waals surface area contributed by atoms with Crippen molar-refractivity contribution in [1.82, 2.24) is 4.98 Å². The van der Waals surface area contributed by atoms with Crippen LogP contribution in [0.5, 0.6) is 5.75 Å². The number of rotatable bonds is 2. The monoisotopic (exact) mass is 316 g/mol. The fourth-order valence-corrected chi connectivity index (χ4v) is 2.43. The highest BCUT2D eigenvalue weighted by Crippen LogP contribution is 2.39. The Kier molecular flexibility index (Phi) is 3.17. The van der Waals surface area contributed by atoms with Crippen molar-refractivity contribution in [2.24, 2.45) is 0 Å². The highest BCUT2D eigenvalue weighted by Gasteiger charge is 2.19. The Morgan fingerprint density at radius 1 is 1.53 bits per heavy atom. The molecule has 0 atom stereocenters. The van der Waals surface area contributed by atoms with Crippen molar-refractivity contribution >= 4 is 44.1 Å². The first-order valence-electron chi connectivity index (χ1n) is 4.51. The predicted molar refractivity (Wildman–Crippen MR) is 67.7 cm³/mol. The lowest BCUT2D eigenvalue weighted by Gasteiger charge is -2.07. The van der Waals surface area contributed by atoms with Gasteiger partial charge < -0.3 is 4.74 Å². The van der Waals surface area contributed by atoms with E-state index in [-0.39, 0.29) is 10.7 Å². The minimum atomic E-state index is -0.569. The van der Waals surface area contributed by atoms with Crippen LogP contribution in [0.15, 0.2) is 22.8 Å². The Bertz CT molecular complexity index is 618. The minimum Gasteiger partial charge on any atom is -0.494 e. The average molecular weight is 318 g/mol. The van der Waals surface area contributed by atoms with Gasteiger partial charge in [-0.15, -0.1) is 0 Å². The second-order valence-electron chi connectivity index (χ2n) is 3.19. The van der Waals surface area contributed by atoms with E-state index in [0.29, 0.717) is 21.1 Å². The van der Waals surface area contributed by atoms with Crippen LogP contribution in [0.3, 0.4) is 0 Å². The second-order valence-corrected chi connectivity index (χ2v) is 4.42. The van der Waals surface area contributed by atoms with Crippen molar-refractivity contribution in [3.8, 4) is 5.75 Å². The van der Waals surface area contributed by atoms with Crippen LogP contribution in [0.1, 0.15) is 0 Å². The van der Waals surface area contributed by atoms with E-state index < -0.39 is 4.92 Å². The molecule has 0 amide bonds. The minimum absolute atomic E-state index is 0.0470. The summed E-state index contributed by atoms with van der Waals surface area (Å²) >= 11 is 9.30. The van der Waals surface area contributed by atoms with Crippen molar-refractivity contribution in [3.05, 3.63) is 37.9 Å². The van der Waals surface area contributed by atoms with Gasteiger partial charge in [-0.05, 0) is 12.1 Å². The predicted octanol–water partition coefficient (Wildman–Crippen LogP) is 3.57. The molecule has 0 spiro atoms. The summed E-state index contributed by atoms with van der Waals surface area (Å²) in [7, 11) is 1.50. The molecular weight excluding hydrogens is 311 g/mol. The highest BCUT2D eigenvalue weighted by molar-refractivity contribution is 9.10. The Balaban J connectivity index is 2.90. The maximum absolute atomic E-state index is 10.8. The van der Waals surface area contributed by atoms with Crippen LogP contribution in [-0.2, 0) is 0 Å². The molecular formula is C10H6BrClN2O3. The van der Waals surface area contributed by atoms with E-state index in [2.05, 4.69) is 20.9 Å². The number of benzene rings is 1. The lowest BCUT2D eigenvalue weighted by atomic mass is 10.2. The topological polar surface area (TPSA) is 65.3 Å². The third kappa shape index (κ3) is 1.94. The molecule has 0 radical (unpaired) electrons. The number of nitrogens with zero attached hydrogens (tertiary/aromatic N) is 2. The van der Waals surface area contributed by atoms with Crippen LogP contribution in [0, 0.1) is 10.1 Å². The van der Waals surface area contributed by atoms with Crippen molar-refractivity contribution in [3.63, 3.8) is 0 Å². The van der Waals surface area contributed by atoms with Crippen LogP contribution >= 0.6 is 27.5 Å². The SMILES string of the molecule is COc1ccc(Br)c2c(Cl)c([N+](=O)[O-])cnc12. The maximum atomic E-state index is 10.8. The van der Waals surface area contributed by atoms with Crippen LogP contribution in [0.25, 0.3) is 10.9 Å². The van der Waals surface area contributed by atoms with E-state index in [0.717, 1.165) is 6.20 Å². The summed E-state index contributed by atoms with van der Waals surface area (Å²) in [4.78, 5) is 14.2. The molecule has 88 valence electrons. The highest BCUT2D eigenvalue weighted by atomic mass is 79.9. The number of hydrogen-bond acceptors (Lipinski definition) is 4. The molecule has 0 bridgehead atoms. The standard InChI is InChI=1S/C10H6BrClN2O3/c1-17-7-3-2-5(11)8-9(12)6(14(15)16)4-13-10(7)8/h2-4H,1H3. The molecule has 0 aliphatic rings. The molecule has 1 aromatic carbocycles. The van der Waals surface area contributed by atoms with Crippen molar-refractivity contribution in [2.45, 2.75) is 0 Å². The smallest absolute Gasteiger partial charge is 0.306 e. The quantitative estimate of drug-likeness (QED) is 0.627. The third-order valence-corrected chi connectivity index (χ3v) is 3.31. The number of fused-ring (bicyclic) bond motifs is 1. The molecule has 17 heavy (non-hydrogen) atoms. The number of methoxy groups -OCH3 is 1. The lowest BCUT2D eigenvalue weighted by molar-refractivity contribution is -0.384. The van der Waals surface area contributed by atoms with Crippen LogP contribution in [0.4, 0.5) is 5.69 Å². The van der Waals surface area contributed by atoms with Gasteiger partial charge >= 0.3 is 5.69 Å². The van der Waals surface area contributed by atoms with Crippen molar-refractivity contribution in [2.75, 3.05) is 7.11 Å². The van der Waals surface area contributed by atoms with Gasteiger partial charge in [0.25, 0.3) is 0 Å². The fourth-order valence-electron chi connectivity index (χ4n) is 1.49. The zero-order valence-corrected chi connectivity index (χ0v) is 10.9. The van der Waals surface area contributed by atoms with Gasteiger partial charge in [-0.1, -0.05) is 27.5 Å². The molecule has 5 nitrogen and oxygen atoms in total. The Hall–Kier alpha value is -1.40. The van der Waals surface area contributed by atoms with Gasteiger partial charge in [0.05, 0.1) is 12.0 Å². The van der Waals surface area contributed by atoms with Gasteiger partial charge in [0, 0.05) is 9.86 Å². The third-order valence-electron chi connectivity index (χ3n) is 2.27. The Morgan fingerprint density at radius 2 is 2.24 bits per heavy atom. The van der Waals surface area contributed by atoms with Crippen molar-refractivity contribution < 1.29 is 9.66 Å². The molecule has 2 rings (SSSR count). The van der Waals surface area contributed by atoms with Crippen LogP contribution in [0.2, 0.25) is 5.02 Å². The largest absolute Gasteiger partial charge is 0.494 e. The van der Waals surface area contributed by atoms with E-state index in [4.69, 9.17) is 16.3 Å². The van der Waals surface area contributed by atoms with Gasteiger partial charge in [-0.2, -0.15) is 0 Å². The lowest BCUT2D eigenvalue weighted by Crippen LogP contribution is -1.94. The van der Waals surface area contributed by atoms with Gasteiger partial charge in [0.1, 0.15) is 22.5 Å². The molecule has 0 N–H and O–H groups in total. The first-order chi connectivity index (χ1) is 8.06. The summed E-state index contributed by atoms with van der Waals surface area (Å²) in [5.41, 5.74) is 0.255. The maximum Gasteiger partial charge on any atom is 0.306 e. The summed E-state index contributed by atoms with van der Waals surface area (Å²) < 4.78 is 5.76. The first-order valence-corrected chi connectivity index (χ1v) is 5.68. The molecule has 1 aromatic heterocycles. The average Bonchev–Trinajstić information content (AvgIpc) is 2.29. The summed E-state index contributed by atoms with van der Waals surface area (Å²) in [6, 6.07) is 3.42. The summed E-state index contributed by atoms with van der Waals surface area (Å²) in [6.07, 6.45) is 1.12. The first kappa shape index (κ1) is 12.1. The van der Waals surface area contributed by atoms with Gasteiger partial charge in [0.15, 0.2) is 0 Å². The fraction of sp³-hybridized carbons (Fsp3) is 0.100. The molecule has 2 aromatic rings. The van der Waals surface area contributed by atoms with E-state index in [9.17, 15) is 10.1 Å². The molecule has 7 heteroatoms. The second kappa shape index (κ2) is 4.46. The summed E-state index contributed by atoms with van der Waals surface area (Å²) in [5, 5.41) is 11.3. The number of hydrogen-bond donors (Lipinski definition) is 0. The van der Waals surface area contributed by atoms with Crippen molar-refractivity contribution in [1.29, 1.82) is 0 Å². The van der Waals surface area contributed by atoms with Crippen LogP contribution < -0.4 is 4.74 Å². The van der Waals surface area contributed by atoms with E-state index in [1.807, 2.05) is 0 Å². The van der Waals surface area contributed by atoms with E-state index in [1.165, 1.54) is 7.11 Å². The number of aromatic nitrogens is 1. The Morgan fingerprint density at radius 3 is 2.82 bits per heavy atom. The van der Waals surface area contributed by atoms with Crippen LogP contribution in [-0.4, -0.2) is 17.0 Å². The molecule has 0 fully saturated rings. The van der Waals surface area contributed by atoms with Gasteiger partial charge in [0.2, 0.25) is 0 Å². The molecule has 0 aliphatic heterocycles. The molecule has 0 unspecified atom stereocenters. The van der Waals surface area contributed by atoms with Gasteiger partial charge in [-0.3, -0.25) is 10.1 Å². The molecule has 0 saturated heterocycles.